The van der Waals surface area contributed by atoms with E-state index in [1.165, 1.54) is 11.3 Å². The van der Waals surface area contributed by atoms with Crippen molar-refractivity contribution in [2.75, 3.05) is 13.1 Å². The molecule has 1 aliphatic heterocycles. The molecule has 4 nitrogen and oxygen atoms in total. The fourth-order valence-corrected chi connectivity index (χ4v) is 2.99. The van der Waals surface area contributed by atoms with Crippen molar-refractivity contribution in [3.8, 4) is 0 Å². The highest BCUT2D eigenvalue weighted by Gasteiger charge is 2.29. The maximum Gasteiger partial charge on any atom is 0.308 e. The summed E-state index contributed by atoms with van der Waals surface area (Å²) in [7, 11) is 0. The maximum atomic E-state index is 12.2. The van der Waals surface area contributed by atoms with Gasteiger partial charge in [-0.2, -0.15) is 0 Å². The molecule has 1 N–H and O–H groups in total. The van der Waals surface area contributed by atoms with Crippen molar-refractivity contribution < 1.29 is 14.7 Å². The Morgan fingerprint density at radius 1 is 1.53 bits per heavy atom. The molecule has 2 heterocycles. The molecule has 1 aliphatic rings. The monoisotopic (exact) mass is 253 g/mol. The predicted octanol–water partition coefficient (Wildman–Crippen LogP) is 1.99. The van der Waals surface area contributed by atoms with Gasteiger partial charge in [0, 0.05) is 13.1 Å². The molecule has 1 saturated heterocycles. The molecule has 92 valence electrons. The predicted molar refractivity (Wildman–Crippen MR) is 65.3 cm³/mol. The summed E-state index contributed by atoms with van der Waals surface area (Å²) in [5.74, 6) is -1.23. The van der Waals surface area contributed by atoms with E-state index in [2.05, 4.69) is 0 Å². The van der Waals surface area contributed by atoms with Crippen LogP contribution in [0.25, 0.3) is 0 Å². The van der Waals surface area contributed by atoms with Crippen LogP contribution in [0.1, 0.15) is 28.1 Å². The van der Waals surface area contributed by atoms with Gasteiger partial charge < -0.3 is 10.0 Å². The van der Waals surface area contributed by atoms with E-state index in [0.29, 0.717) is 19.5 Å². The van der Waals surface area contributed by atoms with Crippen LogP contribution in [-0.2, 0) is 4.79 Å². The van der Waals surface area contributed by atoms with Crippen molar-refractivity contribution in [1.82, 2.24) is 4.90 Å². The SMILES string of the molecule is Cc1ccsc1C(=O)N1CCC[C@H](C(=O)O)C1. The van der Waals surface area contributed by atoms with E-state index in [4.69, 9.17) is 5.11 Å². The van der Waals surface area contributed by atoms with Crippen molar-refractivity contribution >= 4 is 23.2 Å². The summed E-state index contributed by atoms with van der Waals surface area (Å²) in [6.07, 6.45) is 1.44. The van der Waals surface area contributed by atoms with Gasteiger partial charge in [0.15, 0.2) is 0 Å². The minimum absolute atomic E-state index is 0.0246. The first-order chi connectivity index (χ1) is 8.09. The van der Waals surface area contributed by atoms with Crippen LogP contribution < -0.4 is 0 Å². The lowest BCUT2D eigenvalue weighted by atomic mass is 9.98. The summed E-state index contributed by atoms with van der Waals surface area (Å²) in [5.41, 5.74) is 0.970. The number of carbonyl (C=O) groups is 2. The lowest BCUT2D eigenvalue weighted by molar-refractivity contribution is -0.143. The van der Waals surface area contributed by atoms with E-state index < -0.39 is 11.9 Å². The van der Waals surface area contributed by atoms with Gasteiger partial charge >= 0.3 is 5.97 Å². The van der Waals surface area contributed by atoms with Crippen LogP contribution in [0.5, 0.6) is 0 Å². The number of likely N-dealkylation sites (tertiary alicyclic amines) is 1. The second kappa shape index (κ2) is 4.87. The second-order valence-electron chi connectivity index (χ2n) is 4.36. The van der Waals surface area contributed by atoms with Gasteiger partial charge in [-0.25, -0.2) is 0 Å². The third-order valence-corrected chi connectivity index (χ3v) is 4.12. The number of carboxylic acid groups (broad SMARTS) is 1. The smallest absolute Gasteiger partial charge is 0.308 e. The average Bonchev–Trinajstić information content (AvgIpc) is 2.74. The summed E-state index contributed by atoms with van der Waals surface area (Å²) in [4.78, 5) is 25.5. The number of hydrogen-bond acceptors (Lipinski definition) is 3. The molecule has 1 aromatic heterocycles. The maximum absolute atomic E-state index is 12.2. The molecule has 0 saturated carbocycles. The zero-order valence-electron chi connectivity index (χ0n) is 9.68. The first-order valence-corrected chi connectivity index (χ1v) is 6.53. The molecule has 1 fully saturated rings. The summed E-state index contributed by atoms with van der Waals surface area (Å²) < 4.78 is 0. The zero-order chi connectivity index (χ0) is 12.4. The van der Waals surface area contributed by atoms with Gasteiger partial charge in [-0.15, -0.1) is 11.3 Å². The molecular weight excluding hydrogens is 238 g/mol. The largest absolute Gasteiger partial charge is 0.481 e. The highest BCUT2D eigenvalue weighted by atomic mass is 32.1. The van der Waals surface area contributed by atoms with Crippen molar-refractivity contribution in [3.63, 3.8) is 0 Å². The van der Waals surface area contributed by atoms with E-state index in [-0.39, 0.29) is 5.91 Å². The lowest BCUT2D eigenvalue weighted by Gasteiger charge is -2.30. The number of thiophene rings is 1. The van der Waals surface area contributed by atoms with Gasteiger partial charge in [-0.05, 0) is 36.8 Å². The van der Waals surface area contributed by atoms with Gasteiger partial charge in [0.2, 0.25) is 0 Å². The Bertz CT molecular complexity index is 441. The van der Waals surface area contributed by atoms with Crippen molar-refractivity contribution in [2.45, 2.75) is 19.8 Å². The molecule has 0 spiro atoms. The van der Waals surface area contributed by atoms with Crippen molar-refractivity contribution in [3.05, 3.63) is 21.9 Å². The Hall–Kier alpha value is -1.36. The molecule has 0 radical (unpaired) electrons. The first kappa shape index (κ1) is 12.1. The molecule has 0 aromatic carbocycles. The third kappa shape index (κ3) is 2.49. The van der Waals surface area contributed by atoms with Crippen molar-refractivity contribution in [1.29, 1.82) is 0 Å². The highest BCUT2D eigenvalue weighted by Crippen LogP contribution is 2.22. The molecular formula is C12H15NO3S. The number of aryl methyl sites for hydroxylation is 1. The van der Waals surface area contributed by atoms with Gasteiger partial charge in [-0.1, -0.05) is 0 Å². The number of nitrogens with zero attached hydrogens (tertiary/aromatic N) is 1. The number of hydrogen-bond donors (Lipinski definition) is 1. The van der Waals surface area contributed by atoms with Gasteiger partial charge in [0.05, 0.1) is 10.8 Å². The molecule has 2 rings (SSSR count). The van der Waals surface area contributed by atoms with E-state index in [0.717, 1.165) is 16.9 Å². The number of carboxylic acids is 1. The highest BCUT2D eigenvalue weighted by molar-refractivity contribution is 7.12. The molecule has 0 unspecified atom stereocenters. The van der Waals surface area contributed by atoms with Crippen LogP contribution in [0.3, 0.4) is 0 Å². The van der Waals surface area contributed by atoms with E-state index in [9.17, 15) is 9.59 Å². The molecule has 5 heteroatoms. The number of amides is 1. The van der Waals surface area contributed by atoms with Crippen LogP contribution in [0.4, 0.5) is 0 Å². The van der Waals surface area contributed by atoms with E-state index in [1.54, 1.807) is 4.90 Å². The number of piperidine rings is 1. The number of aliphatic carboxylic acids is 1. The first-order valence-electron chi connectivity index (χ1n) is 5.65. The fourth-order valence-electron chi connectivity index (χ4n) is 2.10. The van der Waals surface area contributed by atoms with Crippen LogP contribution in [0.15, 0.2) is 11.4 Å². The standard InChI is InChI=1S/C12H15NO3S/c1-8-4-6-17-10(8)11(14)13-5-2-3-9(7-13)12(15)16/h4,6,9H,2-3,5,7H2,1H3,(H,15,16)/t9-/m0/s1. The Morgan fingerprint density at radius 2 is 2.29 bits per heavy atom. The lowest BCUT2D eigenvalue weighted by Crippen LogP contribution is -2.42. The van der Waals surface area contributed by atoms with Crippen LogP contribution in [0, 0.1) is 12.8 Å². The fraction of sp³-hybridized carbons (Fsp3) is 0.500. The van der Waals surface area contributed by atoms with Crippen molar-refractivity contribution in [2.24, 2.45) is 5.92 Å². The van der Waals surface area contributed by atoms with Crippen LogP contribution >= 0.6 is 11.3 Å². The minimum Gasteiger partial charge on any atom is -0.481 e. The Balaban J connectivity index is 2.10. The molecule has 0 bridgehead atoms. The van der Waals surface area contributed by atoms with Crippen LogP contribution in [0.2, 0.25) is 0 Å². The second-order valence-corrected chi connectivity index (χ2v) is 5.28. The zero-order valence-corrected chi connectivity index (χ0v) is 10.5. The topological polar surface area (TPSA) is 57.6 Å². The quantitative estimate of drug-likeness (QED) is 0.877. The van der Waals surface area contributed by atoms with E-state index in [1.807, 2.05) is 18.4 Å². The summed E-state index contributed by atoms with van der Waals surface area (Å²) in [5, 5.41) is 10.9. The molecule has 1 atom stereocenters. The van der Waals surface area contributed by atoms with Gasteiger partial charge in [-0.3, -0.25) is 9.59 Å². The molecule has 0 aliphatic carbocycles. The summed E-state index contributed by atoms with van der Waals surface area (Å²) in [6.45, 7) is 2.91. The molecule has 17 heavy (non-hydrogen) atoms. The normalized spacial score (nSPS) is 20.3. The number of rotatable bonds is 2. The van der Waals surface area contributed by atoms with Gasteiger partial charge in [0.25, 0.3) is 5.91 Å². The number of carbonyl (C=O) groups excluding carboxylic acids is 1. The Kier molecular flexibility index (Phi) is 3.47. The summed E-state index contributed by atoms with van der Waals surface area (Å²) >= 11 is 1.42. The Morgan fingerprint density at radius 3 is 2.88 bits per heavy atom. The third-order valence-electron chi connectivity index (χ3n) is 3.11. The van der Waals surface area contributed by atoms with Crippen LogP contribution in [-0.4, -0.2) is 35.0 Å². The molecule has 1 amide bonds. The summed E-state index contributed by atoms with van der Waals surface area (Å²) in [6, 6.07) is 1.91. The Labute approximate surface area is 104 Å². The molecule has 1 aromatic rings. The van der Waals surface area contributed by atoms with E-state index >= 15 is 0 Å². The minimum atomic E-state index is -0.801. The average molecular weight is 253 g/mol. The van der Waals surface area contributed by atoms with Gasteiger partial charge in [0.1, 0.15) is 0 Å².